The van der Waals surface area contributed by atoms with Crippen LogP contribution in [0.15, 0.2) is 18.6 Å². The Labute approximate surface area is 119 Å². The van der Waals surface area contributed by atoms with Gasteiger partial charge in [-0.1, -0.05) is 12.8 Å². The molecule has 1 saturated carbocycles. The van der Waals surface area contributed by atoms with E-state index >= 15 is 0 Å². The molecule has 3 rings (SSSR count). The zero-order valence-corrected chi connectivity index (χ0v) is 11.8. The summed E-state index contributed by atoms with van der Waals surface area (Å²) in [5.41, 5.74) is 0.408. The number of amides is 1. The lowest BCUT2D eigenvalue weighted by atomic mass is 10.0. The van der Waals surface area contributed by atoms with E-state index in [0.717, 1.165) is 32.0 Å². The number of rotatable bonds is 3. The highest BCUT2D eigenvalue weighted by atomic mass is 16.1. The SMILES string of the molecule is O=C(NC1CCN(C2CCCC2)CC1)c1cnccn1. The van der Waals surface area contributed by atoms with Gasteiger partial charge in [0.15, 0.2) is 0 Å². The van der Waals surface area contributed by atoms with Gasteiger partial charge in [0.2, 0.25) is 0 Å². The maximum atomic E-state index is 12.0. The Morgan fingerprint density at radius 1 is 1.15 bits per heavy atom. The van der Waals surface area contributed by atoms with Crippen LogP contribution >= 0.6 is 0 Å². The molecule has 2 aliphatic rings. The van der Waals surface area contributed by atoms with Crippen molar-refractivity contribution in [3.8, 4) is 0 Å². The summed E-state index contributed by atoms with van der Waals surface area (Å²) < 4.78 is 0. The summed E-state index contributed by atoms with van der Waals surface area (Å²) in [5.74, 6) is -0.0996. The first kappa shape index (κ1) is 13.5. The minimum absolute atomic E-state index is 0.0996. The summed E-state index contributed by atoms with van der Waals surface area (Å²) >= 11 is 0. The zero-order valence-electron chi connectivity index (χ0n) is 11.8. The van der Waals surface area contributed by atoms with Gasteiger partial charge in [-0.05, 0) is 25.7 Å². The first-order valence-electron chi connectivity index (χ1n) is 7.64. The molecule has 1 saturated heterocycles. The van der Waals surface area contributed by atoms with Crippen LogP contribution < -0.4 is 5.32 Å². The molecule has 0 aromatic carbocycles. The van der Waals surface area contributed by atoms with Gasteiger partial charge in [0, 0.05) is 37.6 Å². The van der Waals surface area contributed by atoms with E-state index < -0.39 is 0 Å². The second-order valence-electron chi connectivity index (χ2n) is 5.81. The molecule has 5 nitrogen and oxygen atoms in total. The highest BCUT2D eigenvalue weighted by Gasteiger charge is 2.27. The summed E-state index contributed by atoms with van der Waals surface area (Å²) in [6.45, 7) is 2.21. The minimum Gasteiger partial charge on any atom is -0.348 e. The summed E-state index contributed by atoms with van der Waals surface area (Å²) in [6, 6.07) is 1.08. The molecule has 1 aromatic rings. The summed E-state index contributed by atoms with van der Waals surface area (Å²) in [6.07, 6.45) is 12.2. The summed E-state index contributed by atoms with van der Waals surface area (Å²) in [7, 11) is 0. The van der Waals surface area contributed by atoms with E-state index in [1.54, 1.807) is 12.4 Å². The van der Waals surface area contributed by atoms with Crippen molar-refractivity contribution in [1.29, 1.82) is 0 Å². The minimum atomic E-state index is -0.0996. The lowest BCUT2D eigenvalue weighted by Gasteiger charge is -2.36. The van der Waals surface area contributed by atoms with Crippen molar-refractivity contribution in [2.45, 2.75) is 50.6 Å². The Morgan fingerprint density at radius 3 is 2.55 bits per heavy atom. The van der Waals surface area contributed by atoms with E-state index in [-0.39, 0.29) is 11.9 Å². The summed E-state index contributed by atoms with van der Waals surface area (Å²) in [5, 5.41) is 3.08. The van der Waals surface area contributed by atoms with Crippen LogP contribution in [-0.4, -0.2) is 45.9 Å². The summed E-state index contributed by atoms with van der Waals surface area (Å²) in [4.78, 5) is 22.6. The standard InChI is InChI=1S/C15H22N4O/c20-15(14-11-16-7-8-17-14)18-12-5-9-19(10-6-12)13-3-1-2-4-13/h7-8,11-13H,1-6,9-10H2,(H,18,20). The molecule has 2 heterocycles. The van der Waals surface area contributed by atoms with Gasteiger partial charge in [0.1, 0.15) is 5.69 Å². The fraction of sp³-hybridized carbons (Fsp3) is 0.667. The van der Waals surface area contributed by atoms with E-state index in [9.17, 15) is 4.79 Å². The second-order valence-corrected chi connectivity index (χ2v) is 5.81. The Kier molecular flexibility index (Phi) is 4.25. The largest absolute Gasteiger partial charge is 0.348 e. The monoisotopic (exact) mass is 274 g/mol. The van der Waals surface area contributed by atoms with Crippen molar-refractivity contribution in [3.05, 3.63) is 24.3 Å². The van der Waals surface area contributed by atoms with Crippen molar-refractivity contribution >= 4 is 5.91 Å². The fourth-order valence-electron chi connectivity index (χ4n) is 3.35. The molecular weight excluding hydrogens is 252 g/mol. The molecule has 1 aliphatic heterocycles. The predicted molar refractivity (Wildman–Crippen MR) is 76.3 cm³/mol. The first-order chi connectivity index (χ1) is 9.83. The molecule has 108 valence electrons. The van der Waals surface area contributed by atoms with E-state index in [2.05, 4.69) is 20.2 Å². The number of piperidine rings is 1. The third kappa shape index (κ3) is 3.15. The lowest BCUT2D eigenvalue weighted by molar-refractivity contribution is 0.0887. The average molecular weight is 274 g/mol. The topological polar surface area (TPSA) is 58.1 Å². The van der Waals surface area contributed by atoms with Gasteiger partial charge >= 0.3 is 0 Å². The second kappa shape index (κ2) is 6.31. The number of nitrogens with one attached hydrogen (secondary N) is 1. The third-order valence-corrected chi connectivity index (χ3v) is 4.50. The molecule has 0 atom stereocenters. The zero-order chi connectivity index (χ0) is 13.8. The smallest absolute Gasteiger partial charge is 0.271 e. The van der Waals surface area contributed by atoms with Gasteiger partial charge in [-0.2, -0.15) is 0 Å². The van der Waals surface area contributed by atoms with Crippen LogP contribution in [0.2, 0.25) is 0 Å². The molecule has 1 amide bonds. The van der Waals surface area contributed by atoms with E-state index in [1.807, 2.05) is 0 Å². The quantitative estimate of drug-likeness (QED) is 0.910. The average Bonchev–Trinajstić information content (AvgIpc) is 3.03. The highest BCUT2D eigenvalue weighted by Crippen LogP contribution is 2.26. The number of aromatic nitrogens is 2. The molecular formula is C15H22N4O. The van der Waals surface area contributed by atoms with Crippen LogP contribution in [0.1, 0.15) is 49.0 Å². The van der Waals surface area contributed by atoms with Gasteiger partial charge in [-0.15, -0.1) is 0 Å². The highest BCUT2D eigenvalue weighted by molar-refractivity contribution is 5.92. The molecule has 1 aromatic heterocycles. The fourth-order valence-corrected chi connectivity index (χ4v) is 3.35. The van der Waals surface area contributed by atoms with Crippen LogP contribution in [0, 0.1) is 0 Å². The maximum Gasteiger partial charge on any atom is 0.271 e. The molecule has 0 unspecified atom stereocenters. The van der Waals surface area contributed by atoms with E-state index in [0.29, 0.717) is 5.69 Å². The van der Waals surface area contributed by atoms with Crippen LogP contribution in [0.5, 0.6) is 0 Å². The van der Waals surface area contributed by atoms with Crippen LogP contribution in [0.4, 0.5) is 0 Å². The van der Waals surface area contributed by atoms with E-state index in [4.69, 9.17) is 0 Å². The van der Waals surface area contributed by atoms with Crippen LogP contribution in [0.3, 0.4) is 0 Å². The molecule has 20 heavy (non-hydrogen) atoms. The van der Waals surface area contributed by atoms with Crippen molar-refractivity contribution in [3.63, 3.8) is 0 Å². The number of likely N-dealkylation sites (tertiary alicyclic amines) is 1. The first-order valence-corrected chi connectivity index (χ1v) is 7.64. The van der Waals surface area contributed by atoms with Crippen molar-refractivity contribution in [1.82, 2.24) is 20.2 Å². The molecule has 2 fully saturated rings. The van der Waals surface area contributed by atoms with Crippen molar-refractivity contribution in [2.75, 3.05) is 13.1 Å². The Balaban J connectivity index is 1.47. The van der Waals surface area contributed by atoms with Crippen LogP contribution in [-0.2, 0) is 0 Å². The number of hydrogen-bond donors (Lipinski definition) is 1. The Bertz CT molecular complexity index is 436. The Morgan fingerprint density at radius 2 is 1.90 bits per heavy atom. The molecule has 0 spiro atoms. The van der Waals surface area contributed by atoms with Gasteiger partial charge in [0.25, 0.3) is 5.91 Å². The molecule has 1 N–H and O–H groups in total. The van der Waals surface area contributed by atoms with Gasteiger partial charge in [-0.25, -0.2) is 4.98 Å². The maximum absolute atomic E-state index is 12.0. The number of nitrogens with zero attached hydrogens (tertiary/aromatic N) is 3. The lowest BCUT2D eigenvalue weighted by Crippen LogP contribution is -2.47. The number of hydrogen-bond acceptors (Lipinski definition) is 4. The van der Waals surface area contributed by atoms with Gasteiger partial charge in [0.05, 0.1) is 6.20 Å². The van der Waals surface area contributed by atoms with Crippen LogP contribution in [0.25, 0.3) is 0 Å². The number of carbonyl (C=O) groups excluding carboxylic acids is 1. The predicted octanol–water partition coefficient (Wildman–Crippen LogP) is 1.61. The molecule has 0 radical (unpaired) electrons. The molecule has 0 bridgehead atoms. The normalized spacial score (nSPS) is 22.0. The Hall–Kier alpha value is -1.49. The number of carbonyl (C=O) groups is 1. The van der Waals surface area contributed by atoms with E-state index in [1.165, 1.54) is 31.9 Å². The van der Waals surface area contributed by atoms with Gasteiger partial charge < -0.3 is 10.2 Å². The third-order valence-electron chi connectivity index (χ3n) is 4.50. The van der Waals surface area contributed by atoms with Crippen molar-refractivity contribution < 1.29 is 4.79 Å². The molecule has 5 heteroatoms. The molecule has 1 aliphatic carbocycles. The van der Waals surface area contributed by atoms with Gasteiger partial charge in [-0.3, -0.25) is 9.78 Å². The van der Waals surface area contributed by atoms with Crippen molar-refractivity contribution in [2.24, 2.45) is 0 Å².